The molecule has 0 spiro atoms. The lowest BCUT2D eigenvalue weighted by molar-refractivity contribution is -0.00426. The van der Waals surface area contributed by atoms with Gasteiger partial charge in [0.25, 0.3) is 0 Å². The summed E-state index contributed by atoms with van der Waals surface area (Å²) in [5.74, 6) is -0.349. The molecule has 2 aromatic carbocycles. The van der Waals surface area contributed by atoms with Crippen LogP contribution in [0.25, 0.3) is 0 Å². The molecule has 1 N–H and O–H groups in total. The van der Waals surface area contributed by atoms with E-state index in [2.05, 4.69) is 0 Å². The quantitative estimate of drug-likeness (QED) is 0.830. The highest BCUT2D eigenvalue weighted by atomic mass is 32.2. The van der Waals surface area contributed by atoms with Crippen molar-refractivity contribution in [3.8, 4) is 0 Å². The van der Waals surface area contributed by atoms with Crippen LogP contribution in [0.3, 0.4) is 0 Å². The molecule has 150 valence electrons. The fourth-order valence-corrected chi connectivity index (χ4v) is 5.39. The van der Waals surface area contributed by atoms with Crippen molar-refractivity contribution in [2.24, 2.45) is 0 Å². The number of hydrogen-bond donors (Lipinski definition) is 1. The topological polar surface area (TPSA) is 83.9 Å². The number of ether oxygens (including phenoxy) is 1. The Kier molecular flexibility index (Phi) is 6.05. The van der Waals surface area contributed by atoms with Gasteiger partial charge in [-0.3, -0.25) is 0 Å². The van der Waals surface area contributed by atoms with Gasteiger partial charge in [-0.25, -0.2) is 13.2 Å². The zero-order valence-electron chi connectivity index (χ0n) is 15.9. The van der Waals surface area contributed by atoms with Crippen LogP contribution >= 0.6 is 0 Å². The third-order valence-corrected chi connectivity index (χ3v) is 7.09. The maximum absolute atomic E-state index is 12.7. The fourth-order valence-electron chi connectivity index (χ4n) is 3.40. The molecule has 0 bridgehead atoms. The van der Waals surface area contributed by atoms with E-state index >= 15 is 0 Å². The smallest absolute Gasteiger partial charge is 0.410 e. The molecule has 6 nitrogen and oxygen atoms in total. The Balaban J connectivity index is 1.56. The number of rotatable bonds is 5. The maximum atomic E-state index is 12.7. The first-order valence-electron chi connectivity index (χ1n) is 9.25. The Hall–Kier alpha value is -2.38. The first-order valence-corrected chi connectivity index (χ1v) is 10.9. The van der Waals surface area contributed by atoms with E-state index in [4.69, 9.17) is 4.74 Å². The number of hydrogen-bond acceptors (Lipinski definition) is 5. The van der Waals surface area contributed by atoms with Gasteiger partial charge in [-0.1, -0.05) is 48.5 Å². The summed E-state index contributed by atoms with van der Waals surface area (Å²) < 4.78 is 30.8. The van der Waals surface area contributed by atoms with Crippen molar-refractivity contribution in [1.29, 1.82) is 0 Å². The van der Waals surface area contributed by atoms with Crippen LogP contribution in [-0.2, 0) is 21.2 Å². The molecule has 1 aliphatic rings. The van der Waals surface area contributed by atoms with E-state index in [1.54, 1.807) is 31.2 Å². The molecule has 0 aromatic heterocycles. The van der Waals surface area contributed by atoms with Crippen LogP contribution in [0.2, 0.25) is 0 Å². The largest absolute Gasteiger partial charge is 0.445 e. The number of benzene rings is 2. The van der Waals surface area contributed by atoms with Gasteiger partial charge in [-0.05, 0) is 37.0 Å². The number of carbonyl (C=O) groups excluding carboxylic acids is 1. The van der Waals surface area contributed by atoms with Gasteiger partial charge in [0.05, 0.1) is 16.2 Å². The molecule has 1 heterocycles. The van der Waals surface area contributed by atoms with E-state index in [0.29, 0.717) is 5.56 Å². The SMILES string of the molecule is Cc1ccccc1S(=O)(=O)CC1(O)CCN(C(=O)OCc2ccccc2)CC1. The number of nitrogens with zero attached hydrogens (tertiary/aromatic N) is 1. The summed E-state index contributed by atoms with van der Waals surface area (Å²) in [5.41, 5.74) is 0.207. The lowest BCUT2D eigenvalue weighted by Gasteiger charge is -2.37. The van der Waals surface area contributed by atoms with E-state index < -0.39 is 21.5 Å². The molecule has 0 unspecified atom stereocenters. The molecule has 1 fully saturated rings. The lowest BCUT2D eigenvalue weighted by atomic mass is 9.94. The molecule has 7 heteroatoms. The Labute approximate surface area is 165 Å². The summed E-state index contributed by atoms with van der Waals surface area (Å²) in [6.07, 6.45) is -0.0652. The monoisotopic (exact) mass is 403 g/mol. The first kappa shape index (κ1) is 20.4. The van der Waals surface area contributed by atoms with Gasteiger partial charge < -0.3 is 14.7 Å². The number of sulfone groups is 1. The average Bonchev–Trinajstić information content (AvgIpc) is 2.67. The lowest BCUT2D eigenvalue weighted by Crippen LogP contribution is -2.50. The van der Waals surface area contributed by atoms with Gasteiger partial charge in [0, 0.05) is 13.1 Å². The zero-order valence-corrected chi connectivity index (χ0v) is 16.7. The molecule has 3 rings (SSSR count). The van der Waals surface area contributed by atoms with Crippen molar-refractivity contribution in [2.45, 2.75) is 36.9 Å². The Morgan fingerprint density at radius 3 is 2.32 bits per heavy atom. The predicted octanol–water partition coefficient (Wildman–Crippen LogP) is 2.93. The predicted molar refractivity (Wildman–Crippen MR) is 106 cm³/mol. The van der Waals surface area contributed by atoms with Crippen molar-refractivity contribution in [3.05, 3.63) is 65.7 Å². The van der Waals surface area contributed by atoms with Crippen LogP contribution in [0.4, 0.5) is 4.79 Å². The second-order valence-electron chi connectivity index (χ2n) is 7.28. The molecule has 1 saturated heterocycles. The molecule has 0 saturated carbocycles. The summed E-state index contributed by atoms with van der Waals surface area (Å²) in [4.78, 5) is 14.0. The summed E-state index contributed by atoms with van der Waals surface area (Å²) in [7, 11) is -3.62. The van der Waals surface area contributed by atoms with Crippen LogP contribution in [0.5, 0.6) is 0 Å². The van der Waals surface area contributed by atoms with E-state index in [-0.39, 0.29) is 43.2 Å². The summed E-state index contributed by atoms with van der Waals surface area (Å²) in [6.45, 7) is 2.44. The number of likely N-dealkylation sites (tertiary alicyclic amines) is 1. The highest BCUT2D eigenvalue weighted by molar-refractivity contribution is 7.91. The van der Waals surface area contributed by atoms with Gasteiger partial charge in [0.1, 0.15) is 6.61 Å². The molecule has 1 amide bonds. The number of amides is 1. The number of carbonyl (C=O) groups is 1. The summed E-state index contributed by atoms with van der Waals surface area (Å²) >= 11 is 0. The highest BCUT2D eigenvalue weighted by Gasteiger charge is 2.39. The Morgan fingerprint density at radius 2 is 1.68 bits per heavy atom. The van der Waals surface area contributed by atoms with Crippen molar-refractivity contribution in [1.82, 2.24) is 4.90 Å². The molecular formula is C21H25NO5S. The van der Waals surface area contributed by atoms with Gasteiger partial charge in [0.2, 0.25) is 0 Å². The highest BCUT2D eigenvalue weighted by Crippen LogP contribution is 2.28. The van der Waals surface area contributed by atoms with Crippen molar-refractivity contribution >= 4 is 15.9 Å². The minimum absolute atomic E-state index is 0.183. The van der Waals surface area contributed by atoms with Gasteiger partial charge in [0.15, 0.2) is 9.84 Å². The van der Waals surface area contributed by atoms with Gasteiger partial charge in [-0.2, -0.15) is 0 Å². The van der Waals surface area contributed by atoms with Crippen LogP contribution in [0.1, 0.15) is 24.0 Å². The Bertz CT molecular complexity index is 919. The molecule has 2 aromatic rings. The molecule has 0 atom stereocenters. The van der Waals surface area contributed by atoms with E-state index in [0.717, 1.165) is 5.56 Å². The minimum Gasteiger partial charge on any atom is -0.445 e. The molecule has 1 aliphatic heterocycles. The van der Waals surface area contributed by atoms with Gasteiger partial charge >= 0.3 is 6.09 Å². The Morgan fingerprint density at radius 1 is 1.07 bits per heavy atom. The van der Waals surface area contributed by atoms with Crippen molar-refractivity contribution in [2.75, 3.05) is 18.8 Å². The number of aliphatic hydroxyl groups is 1. The average molecular weight is 404 g/mol. The summed E-state index contributed by atoms with van der Waals surface area (Å²) in [5, 5.41) is 10.8. The number of piperidine rings is 1. The molecule has 0 radical (unpaired) electrons. The molecular weight excluding hydrogens is 378 g/mol. The zero-order chi connectivity index (χ0) is 20.2. The van der Waals surface area contributed by atoms with Crippen LogP contribution in [-0.4, -0.2) is 49.0 Å². The third-order valence-electron chi connectivity index (χ3n) is 5.04. The van der Waals surface area contributed by atoms with Crippen LogP contribution < -0.4 is 0 Å². The van der Waals surface area contributed by atoms with Crippen molar-refractivity contribution in [3.63, 3.8) is 0 Å². The van der Waals surface area contributed by atoms with E-state index in [1.165, 1.54) is 4.90 Å². The summed E-state index contributed by atoms with van der Waals surface area (Å²) in [6, 6.07) is 16.1. The van der Waals surface area contributed by atoms with Crippen LogP contribution in [0.15, 0.2) is 59.5 Å². The maximum Gasteiger partial charge on any atom is 0.410 e. The van der Waals surface area contributed by atoms with Crippen LogP contribution in [0, 0.1) is 6.92 Å². The first-order chi connectivity index (χ1) is 13.3. The fraction of sp³-hybridized carbons (Fsp3) is 0.381. The second kappa shape index (κ2) is 8.32. The molecule has 28 heavy (non-hydrogen) atoms. The normalized spacial score (nSPS) is 16.6. The standard InChI is InChI=1S/C21H25NO5S/c1-17-7-5-6-10-19(17)28(25,26)16-21(24)11-13-22(14-12-21)20(23)27-15-18-8-3-2-4-9-18/h2-10,24H,11-16H2,1H3. The van der Waals surface area contributed by atoms with E-state index in [1.807, 2.05) is 30.3 Å². The number of aryl methyl sites for hydroxylation is 1. The second-order valence-corrected chi connectivity index (χ2v) is 9.23. The van der Waals surface area contributed by atoms with Gasteiger partial charge in [-0.15, -0.1) is 0 Å². The minimum atomic E-state index is -3.62. The van der Waals surface area contributed by atoms with Crippen molar-refractivity contribution < 1.29 is 23.1 Å². The third kappa shape index (κ3) is 4.91. The molecule has 0 aliphatic carbocycles. The van der Waals surface area contributed by atoms with E-state index in [9.17, 15) is 18.3 Å².